The minimum absolute atomic E-state index is 0.00352. The number of ketones is 2. The average molecular weight is 847 g/mol. The van der Waals surface area contributed by atoms with Crippen molar-refractivity contribution in [2.75, 3.05) is 29.5 Å². The lowest BCUT2D eigenvalue weighted by Gasteiger charge is -2.24. The van der Waals surface area contributed by atoms with Crippen LogP contribution in [-0.4, -0.2) is 73.9 Å². The highest BCUT2D eigenvalue weighted by Gasteiger charge is 2.37. The Kier molecular flexibility index (Phi) is 12.4. The highest BCUT2D eigenvalue weighted by atomic mass is 32.2. The van der Waals surface area contributed by atoms with Crippen LogP contribution in [0.3, 0.4) is 0 Å². The molecule has 1 heterocycles. The summed E-state index contributed by atoms with van der Waals surface area (Å²) in [4.78, 5) is 67.5. The second-order valence-corrected chi connectivity index (χ2v) is 16.5. The zero-order valence-electron chi connectivity index (χ0n) is 31.5. The SMILES string of the molecule is CN(CCCCCCCC(=O)ON1C(=O)CCC1=O)c1ccc(/N=N/c2ccc(Nc3cc(S(=O)(=O)O)c(N)c4c3C(=O)c3ccccc3C4=O)c(S(=O)(=O)O)c2)cc1. The summed E-state index contributed by atoms with van der Waals surface area (Å²) in [6.07, 6.45) is 4.25. The Morgan fingerprint density at radius 3 is 1.93 bits per heavy atom. The van der Waals surface area contributed by atoms with Crippen molar-refractivity contribution in [3.05, 3.63) is 95.1 Å². The van der Waals surface area contributed by atoms with Crippen molar-refractivity contribution in [2.24, 2.45) is 10.2 Å². The smallest absolute Gasteiger partial charge is 0.333 e. The summed E-state index contributed by atoms with van der Waals surface area (Å²) < 4.78 is 69.9. The van der Waals surface area contributed by atoms with Gasteiger partial charge in [0.25, 0.3) is 32.1 Å². The van der Waals surface area contributed by atoms with Crippen LogP contribution in [0.4, 0.5) is 34.1 Å². The molecule has 1 saturated heterocycles. The zero-order chi connectivity index (χ0) is 42.6. The molecule has 6 rings (SSSR count). The molecule has 308 valence electrons. The maximum atomic E-state index is 13.7. The Bertz CT molecular complexity index is 2610. The van der Waals surface area contributed by atoms with Crippen molar-refractivity contribution >= 4 is 83.7 Å². The van der Waals surface area contributed by atoms with E-state index in [-0.39, 0.29) is 53.0 Å². The number of nitrogens with one attached hydrogen (secondary N) is 1. The van der Waals surface area contributed by atoms with Gasteiger partial charge in [-0.2, -0.15) is 27.1 Å². The van der Waals surface area contributed by atoms with Crippen molar-refractivity contribution in [1.82, 2.24) is 5.06 Å². The Balaban J connectivity index is 1.09. The molecule has 1 aliphatic carbocycles. The summed E-state index contributed by atoms with van der Waals surface area (Å²) in [6, 6.07) is 17.1. The van der Waals surface area contributed by atoms with E-state index in [4.69, 9.17) is 10.6 Å². The molecule has 0 unspecified atom stereocenters. The first-order valence-electron chi connectivity index (χ1n) is 18.2. The van der Waals surface area contributed by atoms with Gasteiger partial charge in [0.05, 0.1) is 39.6 Å². The summed E-state index contributed by atoms with van der Waals surface area (Å²) in [5, 5.41) is 11.4. The number of hydroxylamine groups is 2. The number of fused-ring (bicyclic) bond motifs is 2. The van der Waals surface area contributed by atoms with Gasteiger partial charge >= 0.3 is 5.97 Å². The van der Waals surface area contributed by atoms with E-state index >= 15 is 0 Å². The molecule has 4 aromatic rings. The molecule has 1 fully saturated rings. The third-order valence-corrected chi connectivity index (χ3v) is 11.4. The van der Waals surface area contributed by atoms with E-state index in [0.29, 0.717) is 17.2 Å². The number of unbranched alkanes of at least 4 members (excludes halogenated alkanes) is 4. The molecule has 0 aromatic heterocycles. The predicted molar refractivity (Wildman–Crippen MR) is 212 cm³/mol. The number of hydrogen-bond donors (Lipinski definition) is 4. The van der Waals surface area contributed by atoms with E-state index in [1.165, 1.54) is 36.4 Å². The highest BCUT2D eigenvalue weighted by molar-refractivity contribution is 7.86. The molecular weight excluding hydrogens is 809 g/mol. The van der Waals surface area contributed by atoms with Crippen molar-refractivity contribution in [3.8, 4) is 0 Å². The Morgan fingerprint density at radius 1 is 0.746 bits per heavy atom. The monoisotopic (exact) mass is 846 g/mol. The fourth-order valence-electron chi connectivity index (χ4n) is 6.61. The van der Waals surface area contributed by atoms with Gasteiger partial charge in [-0.05, 0) is 61.4 Å². The van der Waals surface area contributed by atoms with Crippen LogP contribution in [0.5, 0.6) is 0 Å². The fraction of sp³-hybridized carbons (Fsp3) is 0.256. The van der Waals surface area contributed by atoms with Crippen LogP contribution in [0.25, 0.3) is 0 Å². The number of azo groups is 1. The zero-order valence-corrected chi connectivity index (χ0v) is 33.1. The molecular formula is C39H38N6O12S2. The maximum absolute atomic E-state index is 13.7. The molecule has 0 spiro atoms. The first kappa shape index (κ1) is 42.3. The molecule has 5 N–H and O–H groups in total. The largest absolute Gasteiger partial charge is 0.397 e. The lowest BCUT2D eigenvalue weighted by Crippen LogP contribution is -2.31. The van der Waals surface area contributed by atoms with Gasteiger partial charge in [-0.25, -0.2) is 4.79 Å². The van der Waals surface area contributed by atoms with Crippen molar-refractivity contribution < 1.29 is 54.8 Å². The molecule has 59 heavy (non-hydrogen) atoms. The quantitative estimate of drug-likeness (QED) is 0.0288. The van der Waals surface area contributed by atoms with Gasteiger partial charge < -0.3 is 20.8 Å². The number of benzene rings is 4. The number of hydrogen-bond acceptors (Lipinski definition) is 15. The number of carbonyl (C=O) groups excluding carboxylic acids is 5. The second-order valence-electron chi connectivity index (χ2n) is 13.7. The van der Waals surface area contributed by atoms with Gasteiger partial charge in [0.2, 0.25) is 0 Å². The fourth-order valence-corrected chi connectivity index (χ4v) is 7.93. The highest BCUT2D eigenvalue weighted by Crippen LogP contribution is 2.41. The lowest BCUT2D eigenvalue weighted by molar-refractivity contribution is -0.197. The Hall–Kier alpha value is -6.35. The normalized spacial score (nSPS) is 14.1. The van der Waals surface area contributed by atoms with E-state index in [9.17, 15) is 49.9 Å². The van der Waals surface area contributed by atoms with Gasteiger partial charge in [0.15, 0.2) is 11.6 Å². The molecule has 0 saturated carbocycles. The van der Waals surface area contributed by atoms with E-state index in [0.717, 1.165) is 50.0 Å². The molecule has 0 atom stereocenters. The first-order chi connectivity index (χ1) is 27.9. The molecule has 2 amide bonds. The topological polar surface area (TPSA) is 273 Å². The summed E-state index contributed by atoms with van der Waals surface area (Å²) >= 11 is 0. The van der Waals surface area contributed by atoms with Crippen LogP contribution < -0.4 is 16.0 Å². The Labute approximate surface area is 338 Å². The van der Waals surface area contributed by atoms with Crippen LogP contribution in [0, 0.1) is 0 Å². The van der Waals surface area contributed by atoms with E-state index < -0.39 is 70.6 Å². The molecule has 0 bridgehead atoms. The van der Waals surface area contributed by atoms with Gasteiger partial charge in [0, 0.05) is 49.7 Å². The molecule has 0 radical (unpaired) electrons. The van der Waals surface area contributed by atoms with E-state index in [1.807, 2.05) is 24.1 Å². The van der Waals surface area contributed by atoms with E-state index in [2.05, 4.69) is 15.5 Å². The number of nitrogens with zero attached hydrogens (tertiary/aromatic N) is 4. The first-order valence-corrected chi connectivity index (χ1v) is 21.1. The van der Waals surface area contributed by atoms with Crippen LogP contribution in [0.2, 0.25) is 0 Å². The predicted octanol–water partition coefficient (Wildman–Crippen LogP) is 6.08. The standard InChI is InChI=1S/C39H38N6O12S2/c1-44(20-8-4-2-3-5-11-34(48)57-45-32(46)18-19-33(45)47)25-15-12-23(13-16-25)42-43-24-14-17-28(30(21-24)58(51,52)53)41-29-22-31(59(54,55)56)37(40)36-35(29)38(49)26-9-6-7-10-27(26)39(36)50/h6-7,9-10,12-17,21-22,41H,2-5,8,11,18-20,40H2,1H3,(H,51,52,53)(H,54,55,56)/b43-42+. The molecule has 2 aliphatic rings. The third kappa shape index (κ3) is 9.52. The van der Waals surface area contributed by atoms with Crippen LogP contribution in [0.15, 0.2) is 92.8 Å². The number of rotatable bonds is 16. The molecule has 1 aliphatic heterocycles. The van der Waals surface area contributed by atoms with Crippen LogP contribution in [-0.2, 0) is 39.5 Å². The number of anilines is 4. The van der Waals surface area contributed by atoms with Gasteiger partial charge in [0.1, 0.15) is 9.79 Å². The number of amides is 2. The maximum Gasteiger partial charge on any atom is 0.333 e. The van der Waals surface area contributed by atoms with Gasteiger partial charge in [-0.1, -0.05) is 43.5 Å². The molecule has 18 nitrogen and oxygen atoms in total. The van der Waals surface area contributed by atoms with Gasteiger partial charge in [-0.3, -0.25) is 28.3 Å². The summed E-state index contributed by atoms with van der Waals surface area (Å²) in [5.74, 6) is -3.14. The van der Waals surface area contributed by atoms with Crippen LogP contribution >= 0.6 is 0 Å². The van der Waals surface area contributed by atoms with Crippen molar-refractivity contribution in [1.29, 1.82) is 0 Å². The van der Waals surface area contributed by atoms with Gasteiger partial charge in [-0.15, -0.1) is 5.06 Å². The minimum atomic E-state index is -5.06. The lowest BCUT2D eigenvalue weighted by atomic mass is 9.82. The number of imide groups is 1. The second kappa shape index (κ2) is 17.2. The van der Waals surface area contributed by atoms with E-state index in [1.54, 1.807) is 12.1 Å². The molecule has 4 aromatic carbocycles. The summed E-state index contributed by atoms with van der Waals surface area (Å²) in [5.41, 5.74) is 5.00. The Morgan fingerprint density at radius 2 is 1.31 bits per heavy atom. The van der Waals surface area contributed by atoms with Crippen molar-refractivity contribution in [2.45, 2.75) is 61.2 Å². The summed E-state index contributed by atoms with van der Waals surface area (Å²) in [7, 11) is -8.12. The number of nitrogens with two attached hydrogens (primary N) is 1. The number of nitrogen functional groups attached to an aromatic ring is 1. The minimum Gasteiger partial charge on any atom is -0.397 e. The third-order valence-electron chi connectivity index (χ3n) is 9.64. The van der Waals surface area contributed by atoms with Crippen LogP contribution in [0.1, 0.15) is 83.2 Å². The summed E-state index contributed by atoms with van der Waals surface area (Å²) in [6.45, 7) is 0.745. The van der Waals surface area contributed by atoms with Crippen molar-refractivity contribution in [3.63, 3.8) is 0 Å². The average Bonchev–Trinajstić information content (AvgIpc) is 3.50. The molecule has 20 heteroatoms. The number of carbonyl (C=O) groups is 5.